The lowest BCUT2D eigenvalue weighted by Crippen LogP contribution is -2.49. The third kappa shape index (κ3) is 3.30. The van der Waals surface area contributed by atoms with Crippen molar-refractivity contribution in [3.63, 3.8) is 0 Å². The van der Waals surface area contributed by atoms with Gasteiger partial charge in [0.15, 0.2) is 0 Å². The number of nitrogens with two attached hydrogens (primary N) is 1. The molecule has 3 aromatic rings. The highest BCUT2D eigenvalue weighted by Gasteiger charge is 2.34. The highest BCUT2D eigenvalue weighted by molar-refractivity contribution is 7.10. The summed E-state index contributed by atoms with van der Waals surface area (Å²) in [4.78, 5) is 16.6. The third-order valence-corrected chi connectivity index (χ3v) is 5.98. The zero-order valence-corrected chi connectivity index (χ0v) is 15.4. The average molecular weight is 362 g/mol. The Labute approximate surface area is 158 Å². The van der Waals surface area contributed by atoms with E-state index in [1.807, 2.05) is 53.4 Å². The molecule has 0 spiro atoms. The van der Waals surface area contributed by atoms with Gasteiger partial charge in [-0.05, 0) is 41.0 Å². The summed E-state index contributed by atoms with van der Waals surface area (Å²) >= 11 is 1.78. The van der Waals surface area contributed by atoms with Gasteiger partial charge in [0.05, 0.1) is 12.1 Å². The molecule has 2 aromatic carbocycles. The van der Waals surface area contributed by atoms with Gasteiger partial charge in [0, 0.05) is 11.4 Å². The molecule has 1 aromatic heterocycles. The molecule has 0 radical (unpaired) electrons. The van der Waals surface area contributed by atoms with E-state index in [-0.39, 0.29) is 11.9 Å². The molecule has 0 saturated heterocycles. The molecule has 1 aliphatic heterocycles. The maximum absolute atomic E-state index is 13.2. The first kappa shape index (κ1) is 17.0. The molecule has 26 heavy (non-hydrogen) atoms. The van der Waals surface area contributed by atoms with Crippen LogP contribution in [0.4, 0.5) is 0 Å². The predicted octanol–water partition coefficient (Wildman–Crippen LogP) is 3.79. The quantitative estimate of drug-likeness (QED) is 0.767. The summed E-state index contributed by atoms with van der Waals surface area (Å²) in [6, 6.07) is 21.8. The van der Waals surface area contributed by atoms with Gasteiger partial charge in [-0.3, -0.25) is 4.79 Å². The number of rotatable bonds is 4. The second-order valence-corrected chi connectivity index (χ2v) is 7.69. The molecule has 0 aliphatic carbocycles. The van der Waals surface area contributed by atoms with Gasteiger partial charge < -0.3 is 10.6 Å². The molecular weight excluding hydrogens is 340 g/mol. The van der Waals surface area contributed by atoms with E-state index in [1.54, 1.807) is 11.3 Å². The topological polar surface area (TPSA) is 46.3 Å². The van der Waals surface area contributed by atoms with Gasteiger partial charge in [-0.15, -0.1) is 11.3 Å². The van der Waals surface area contributed by atoms with Crippen LogP contribution in [0, 0.1) is 0 Å². The summed E-state index contributed by atoms with van der Waals surface area (Å²) in [6.45, 7) is 0.717. The molecule has 1 aliphatic rings. The van der Waals surface area contributed by atoms with Crippen molar-refractivity contribution in [2.75, 3.05) is 6.54 Å². The van der Waals surface area contributed by atoms with Crippen molar-refractivity contribution in [2.24, 2.45) is 5.73 Å². The molecule has 2 atom stereocenters. The molecule has 3 nitrogen and oxygen atoms in total. The number of hydrogen-bond donors (Lipinski definition) is 1. The SMILES string of the molecule is N[C@@H](Cc1ccccc1)C(=O)N1CCc2sccc2C1c1ccccc1. The van der Waals surface area contributed by atoms with E-state index >= 15 is 0 Å². The molecule has 1 unspecified atom stereocenters. The Morgan fingerprint density at radius 2 is 1.77 bits per heavy atom. The molecule has 132 valence electrons. The fourth-order valence-corrected chi connectivity index (χ4v) is 4.62. The van der Waals surface area contributed by atoms with Gasteiger partial charge in [0.2, 0.25) is 5.91 Å². The molecule has 0 fully saturated rings. The van der Waals surface area contributed by atoms with Gasteiger partial charge in [0.25, 0.3) is 0 Å². The number of carbonyl (C=O) groups excluding carboxylic acids is 1. The van der Waals surface area contributed by atoms with Crippen LogP contribution in [-0.4, -0.2) is 23.4 Å². The van der Waals surface area contributed by atoms with E-state index < -0.39 is 6.04 Å². The Balaban J connectivity index is 1.62. The standard InChI is InChI=1S/C22H22N2OS/c23-19(15-16-7-3-1-4-8-16)22(25)24-13-11-20-18(12-14-26-20)21(24)17-9-5-2-6-10-17/h1-10,12,14,19,21H,11,13,15,23H2/t19-,21?/m0/s1. The number of hydrogen-bond acceptors (Lipinski definition) is 3. The summed E-state index contributed by atoms with van der Waals surface area (Å²) in [5.41, 5.74) is 9.81. The Kier molecular flexibility index (Phi) is 4.87. The monoisotopic (exact) mass is 362 g/mol. The number of benzene rings is 2. The fraction of sp³-hybridized carbons (Fsp3) is 0.227. The van der Waals surface area contributed by atoms with Crippen molar-refractivity contribution >= 4 is 17.2 Å². The van der Waals surface area contributed by atoms with Crippen molar-refractivity contribution in [3.05, 3.63) is 93.7 Å². The average Bonchev–Trinajstić information content (AvgIpc) is 3.17. The number of nitrogens with zero attached hydrogens (tertiary/aromatic N) is 1. The summed E-state index contributed by atoms with van der Waals surface area (Å²) in [6.07, 6.45) is 1.47. The van der Waals surface area contributed by atoms with E-state index in [9.17, 15) is 4.79 Å². The summed E-state index contributed by atoms with van der Waals surface area (Å²) in [7, 11) is 0. The molecule has 2 N–H and O–H groups in total. The maximum Gasteiger partial charge on any atom is 0.240 e. The Bertz CT molecular complexity index is 875. The summed E-state index contributed by atoms with van der Waals surface area (Å²) in [5, 5.41) is 2.12. The minimum atomic E-state index is -0.524. The third-order valence-electron chi connectivity index (χ3n) is 4.98. The zero-order chi connectivity index (χ0) is 17.9. The van der Waals surface area contributed by atoms with Crippen LogP contribution in [0.5, 0.6) is 0 Å². The molecule has 4 rings (SSSR count). The van der Waals surface area contributed by atoms with E-state index in [0.717, 1.165) is 17.5 Å². The minimum absolute atomic E-state index is 0.0274. The lowest BCUT2D eigenvalue weighted by Gasteiger charge is -2.37. The lowest BCUT2D eigenvalue weighted by atomic mass is 9.92. The first-order valence-corrected chi connectivity index (χ1v) is 9.83. The van der Waals surface area contributed by atoms with Crippen molar-refractivity contribution in [3.8, 4) is 0 Å². The zero-order valence-electron chi connectivity index (χ0n) is 14.5. The van der Waals surface area contributed by atoms with Crippen LogP contribution >= 0.6 is 11.3 Å². The number of carbonyl (C=O) groups is 1. The van der Waals surface area contributed by atoms with Crippen LogP contribution in [-0.2, 0) is 17.6 Å². The minimum Gasteiger partial charge on any atom is -0.330 e. The second kappa shape index (κ2) is 7.44. The van der Waals surface area contributed by atoms with Crippen molar-refractivity contribution in [2.45, 2.75) is 24.9 Å². The summed E-state index contributed by atoms with van der Waals surface area (Å²) < 4.78 is 0. The van der Waals surface area contributed by atoms with Crippen LogP contribution in [0.25, 0.3) is 0 Å². The largest absolute Gasteiger partial charge is 0.330 e. The van der Waals surface area contributed by atoms with Crippen LogP contribution in [0.2, 0.25) is 0 Å². The number of amides is 1. The second-order valence-electron chi connectivity index (χ2n) is 6.69. The van der Waals surface area contributed by atoms with Gasteiger partial charge in [0.1, 0.15) is 0 Å². The van der Waals surface area contributed by atoms with Crippen molar-refractivity contribution < 1.29 is 4.79 Å². The van der Waals surface area contributed by atoms with Crippen LogP contribution in [0.3, 0.4) is 0 Å². The number of thiophene rings is 1. The Hall–Kier alpha value is -2.43. The Morgan fingerprint density at radius 3 is 2.50 bits per heavy atom. The molecule has 1 amide bonds. The molecular formula is C22H22N2OS. The molecule has 0 bridgehead atoms. The first-order valence-electron chi connectivity index (χ1n) is 8.95. The highest BCUT2D eigenvalue weighted by Crippen LogP contribution is 2.38. The first-order chi connectivity index (χ1) is 12.7. The highest BCUT2D eigenvalue weighted by atomic mass is 32.1. The predicted molar refractivity (Wildman–Crippen MR) is 106 cm³/mol. The normalized spacial score (nSPS) is 17.6. The number of fused-ring (bicyclic) bond motifs is 1. The maximum atomic E-state index is 13.2. The lowest BCUT2D eigenvalue weighted by molar-refractivity contribution is -0.134. The van der Waals surface area contributed by atoms with E-state index in [4.69, 9.17) is 5.73 Å². The molecule has 4 heteroatoms. The fourth-order valence-electron chi connectivity index (χ4n) is 3.72. The molecule has 2 heterocycles. The van der Waals surface area contributed by atoms with Crippen molar-refractivity contribution in [1.82, 2.24) is 4.90 Å². The smallest absolute Gasteiger partial charge is 0.240 e. The van der Waals surface area contributed by atoms with E-state index in [0.29, 0.717) is 13.0 Å². The summed E-state index contributed by atoms with van der Waals surface area (Å²) in [5.74, 6) is 0.0274. The Morgan fingerprint density at radius 1 is 1.08 bits per heavy atom. The van der Waals surface area contributed by atoms with Gasteiger partial charge in [-0.2, -0.15) is 0 Å². The molecule has 0 saturated carbocycles. The van der Waals surface area contributed by atoms with Crippen LogP contribution < -0.4 is 5.73 Å². The van der Waals surface area contributed by atoms with E-state index in [2.05, 4.69) is 23.6 Å². The van der Waals surface area contributed by atoms with Gasteiger partial charge in [-0.25, -0.2) is 0 Å². The van der Waals surface area contributed by atoms with Crippen LogP contribution in [0.15, 0.2) is 72.1 Å². The van der Waals surface area contributed by atoms with Crippen molar-refractivity contribution in [1.29, 1.82) is 0 Å². The van der Waals surface area contributed by atoms with Gasteiger partial charge >= 0.3 is 0 Å². The van der Waals surface area contributed by atoms with Gasteiger partial charge in [-0.1, -0.05) is 60.7 Å². The van der Waals surface area contributed by atoms with E-state index in [1.165, 1.54) is 10.4 Å². The van der Waals surface area contributed by atoms with Crippen LogP contribution in [0.1, 0.15) is 27.6 Å².